The van der Waals surface area contributed by atoms with Gasteiger partial charge in [0.2, 0.25) is 0 Å². The molecule has 6 rings (SSSR count). The van der Waals surface area contributed by atoms with Gasteiger partial charge in [0.25, 0.3) is 5.91 Å². The second-order valence-electron chi connectivity index (χ2n) is 10.4. The van der Waals surface area contributed by atoms with Crippen LogP contribution in [-0.2, 0) is 0 Å². The van der Waals surface area contributed by atoms with Gasteiger partial charge < -0.3 is 24.4 Å². The number of benzene rings is 4. The van der Waals surface area contributed by atoms with Gasteiger partial charge >= 0.3 is 29.6 Å². The fourth-order valence-electron chi connectivity index (χ4n) is 5.45. The standard InChI is InChI=1S/C34H32N4O4.Na/c1-3-42-28-9-6-8-26(20-28)38-22-31(35-32(38)24-13-11-23(2)12-14-24)33(39)37-17-15-36(16-18-37)27-19-25-7-4-5-10-29(25)30(21-27)34(40)41;/h4-14,19-22H,3,15-18H2,1-2H3,(H,40,41);/q;+1/p-1. The van der Waals surface area contributed by atoms with Crippen LogP contribution in [0.2, 0.25) is 0 Å². The molecule has 0 saturated carbocycles. The number of carbonyl (C=O) groups is 2. The number of carboxylic acid groups (broad SMARTS) is 1. The number of hydrogen-bond donors (Lipinski definition) is 0. The monoisotopic (exact) mass is 582 g/mol. The normalized spacial score (nSPS) is 13.1. The van der Waals surface area contributed by atoms with Gasteiger partial charge in [0, 0.05) is 55.3 Å². The molecule has 1 aliphatic rings. The molecular formula is C34H31N4NaO4. The first-order chi connectivity index (χ1) is 20.4. The van der Waals surface area contributed by atoms with Crippen LogP contribution in [0.3, 0.4) is 0 Å². The van der Waals surface area contributed by atoms with Gasteiger partial charge in [-0.1, -0.05) is 60.2 Å². The van der Waals surface area contributed by atoms with Crippen LogP contribution in [0.4, 0.5) is 5.69 Å². The van der Waals surface area contributed by atoms with E-state index in [1.165, 1.54) is 0 Å². The van der Waals surface area contributed by atoms with E-state index in [0.29, 0.717) is 49.7 Å². The summed E-state index contributed by atoms with van der Waals surface area (Å²) in [5.41, 5.74) is 4.25. The Hall–Kier alpha value is -4.11. The van der Waals surface area contributed by atoms with E-state index in [1.54, 1.807) is 23.2 Å². The number of nitrogens with zero attached hydrogens (tertiary/aromatic N) is 4. The number of amides is 1. The molecule has 5 aromatic rings. The van der Waals surface area contributed by atoms with Crippen molar-refractivity contribution < 1.29 is 49.0 Å². The molecule has 2 heterocycles. The largest absolute Gasteiger partial charge is 1.00 e. The molecule has 1 aliphatic heterocycles. The molecule has 1 amide bonds. The van der Waals surface area contributed by atoms with Gasteiger partial charge in [0.05, 0.1) is 18.3 Å². The summed E-state index contributed by atoms with van der Waals surface area (Å²) < 4.78 is 7.66. The fraction of sp³-hybridized carbons (Fsp3) is 0.206. The Kier molecular flexibility index (Phi) is 9.20. The average Bonchev–Trinajstić information content (AvgIpc) is 3.46. The van der Waals surface area contributed by atoms with Crippen molar-refractivity contribution in [3.8, 4) is 22.8 Å². The van der Waals surface area contributed by atoms with Gasteiger partial charge in [-0.3, -0.25) is 9.36 Å². The van der Waals surface area contributed by atoms with E-state index in [-0.39, 0.29) is 41.0 Å². The predicted octanol–water partition coefficient (Wildman–Crippen LogP) is 1.73. The molecule has 43 heavy (non-hydrogen) atoms. The molecule has 0 N–H and O–H groups in total. The van der Waals surface area contributed by atoms with Crippen molar-refractivity contribution in [2.75, 3.05) is 37.7 Å². The summed E-state index contributed by atoms with van der Waals surface area (Å²) in [6.07, 6.45) is 1.80. The Labute approximate surface area is 272 Å². The van der Waals surface area contributed by atoms with Crippen molar-refractivity contribution in [1.29, 1.82) is 0 Å². The van der Waals surface area contributed by atoms with E-state index in [0.717, 1.165) is 33.6 Å². The Morgan fingerprint density at radius 1 is 0.884 bits per heavy atom. The minimum atomic E-state index is -1.20. The summed E-state index contributed by atoms with van der Waals surface area (Å²) in [5, 5.41) is 13.3. The zero-order valence-corrected chi connectivity index (χ0v) is 26.6. The predicted molar refractivity (Wildman–Crippen MR) is 161 cm³/mol. The van der Waals surface area contributed by atoms with Gasteiger partial charge in [0.1, 0.15) is 17.3 Å². The van der Waals surface area contributed by atoms with Crippen molar-refractivity contribution in [2.45, 2.75) is 13.8 Å². The summed E-state index contributed by atoms with van der Waals surface area (Å²) in [7, 11) is 0. The zero-order chi connectivity index (χ0) is 29.2. The molecule has 0 spiro atoms. The number of piperazine rings is 1. The van der Waals surface area contributed by atoms with Crippen LogP contribution in [0.25, 0.3) is 27.8 Å². The minimum absolute atomic E-state index is 0. The van der Waals surface area contributed by atoms with Crippen LogP contribution >= 0.6 is 0 Å². The maximum atomic E-state index is 13.7. The zero-order valence-electron chi connectivity index (χ0n) is 24.6. The van der Waals surface area contributed by atoms with Crippen molar-refractivity contribution >= 4 is 28.3 Å². The molecular weight excluding hydrogens is 551 g/mol. The van der Waals surface area contributed by atoms with E-state index < -0.39 is 5.97 Å². The molecule has 0 bridgehead atoms. The van der Waals surface area contributed by atoms with E-state index in [1.807, 2.05) is 91.2 Å². The molecule has 9 heteroatoms. The van der Waals surface area contributed by atoms with Gasteiger partial charge in [-0.2, -0.15) is 0 Å². The number of aromatic carboxylic acids is 1. The molecule has 0 atom stereocenters. The third kappa shape index (κ3) is 6.32. The Bertz CT molecular complexity index is 1780. The molecule has 8 nitrogen and oxygen atoms in total. The van der Waals surface area contributed by atoms with E-state index in [2.05, 4.69) is 4.90 Å². The number of rotatable bonds is 7. The molecule has 0 aliphatic carbocycles. The second kappa shape index (κ2) is 13.0. The Morgan fingerprint density at radius 2 is 1.63 bits per heavy atom. The van der Waals surface area contributed by atoms with Crippen molar-refractivity contribution in [3.05, 3.63) is 108 Å². The summed E-state index contributed by atoms with van der Waals surface area (Å²) in [5.74, 6) is 0.0833. The fourth-order valence-corrected chi connectivity index (χ4v) is 5.45. The Balaban J connectivity index is 0.00000368. The molecule has 0 unspecified atom stereocenters. The van der Waals surface area contributed by atoms with Crippen molar-refractivity contribution in [2.24, 2.45) is 0 Å². The number of aromatic nitrogens is 2. The van der Waals surface area contributed by atoms with Crippen LogP contribution in [0.5, 0.6) is 5.75 Å². The number of imidazole rings is 1. The summed E-state index contributed by atoms with van der Waals surface area (Å²) in [4.78, 5) is 34.3. The van der Waals surface area contributed by atoms with Crippen LogP contribution in [0, 0.1) is 6.92 Å². The van der Waals surface area contributed by atoms with Crippen molar-refractivity contribution in [3.63, 3.8) is 0 Å². The molecule has 0 radical (unpaired) electrons. The number of hydrogen-bond acceptors (Lipinski definition) is 6. The first-order valence-electron chi connectivity index (χ1n) is 14.1. The number of aryl methyl sites for hydroxylation is 1. The SMILES string of the molecule is CCOc1cccc(-n2cc(C(=O)N3CCN(c4cc(C(=O)[O-])c5ccccc5c4)CC3)nc2-c2ccc(C)cc2)c1.[Na+]. The van der Waals surface area contributed by atoms with Crippen LogP contribution in [0.1, 0.15) is 33.3 Å². The maximum absolute atomic E-state index is 13.7. The molecule has 1 fully saturated rings. The number of anilines is 1. The van der Waals surface area contributed by atoms with Crippen LogP contribution in [-0.4, -0.2) is 59.1 Å². The quantitative estimate of drug-likeness (QED) is 0.272. The van der Waals surface area contributed by atoms with Gasteiger partial charge in [-0.25, -0.2) is 4.98 Å². The van der Waals surface area contributed by atoms with E-state index in [9.17, 15) is 14.7 Å². The van der Waals surface area contributed by atoms with Gasteiger partial charge in [0.15, 0.2) is 0 Å². The van der Waals surface area contributed by atoms with E-state index >= 15 is 0 Å². The van der Waals surface area contributed by atoms with Gasteiger partial charge in [-0.05, 0) is 48.9 Å². The Morgan fingerprint density at radius 3 is 2.35 bits per heavy atom. The summed E-state index contributed by atoms with van der Waals surface area (Å²) >= 11 is 0. The topological polar surface area (TPSA) is 90.7 Å². The number of ether oxygens (including phenoxy) is 1. The molecule has 1 aromatic heterocycles. The van der Waals surface area contributed by atoms with Gasteiger partial charge in [-0.15, -0.1) is 0 Å². The van der Waals surface area contributed by atoms with Crippen molar-refractivity contribution in [1.82, 2.24) is 14.5 Å². The smallest absolute Gasteiger partial charge is 0.545 e. The molecule has 212 valence electrons. The molecule has 1 saturated heterocycles. The first kappa shape index (κ1) is 30.4. The number of fused-ring (bicyclic) bond motifs is 1. The summed E-state index contributed by atoms with van der Waals surface area (Å²) in [6.45, 7) is 6.64. The first-order valence-corrected chi connectivity index (χ1v) is 14.1. The third-order valence-corrected chi connectivity index (χ3v) is 7.64. The molecule has 4 aromatic carbocycles. The third-order valence-electron chi connectivity index (χ3n) is 7.64. The van der Waals surface area contributed by atoms with Crippen LogP contribution < -0.4 is 44.3 Å². The second-order valence-corrected chi connectivity index (χ2v) is 10.4. The maximum Gasteiger partial charge on any atom is 1.00 e. The summed E-state index contributed by atoms with van der Waals surface area (Å²) in [6, 6.07) is 26.9. The average molecular weight is 583 g/mol. The van der Waals surface area contributed by atoms with Crippen LogP contribution in [0.15, 0.2) is 91.1 Å². The van der Waals surface area contributed by atoms with E-state index in [4.69, 9.17) is 9.72 Å². The number of carboxylic acids is 1. The number of carbonyl (C=O) groups excluding carboxylic acids is 2. The minimum Gasteiger partial charge on any atom is -0.545 e.